The monoisotopic (exact) mass is 217 g/mol. The van der Waals surface area contributed by atoms with Crippen LogP contribution in [0.3, 0.4) is 0 Å². The summed E-state index contributed by atoms with van der Waals surface area (Å²) in [6, 6.07) is -0.732. The van der Waals surface area contributed by atoms with Gasteiger partial charge in [0.05, 0.1) is 0 Å². The van der Waals surface area contributed by atoms with Crippen LogP contribution < -0.4 is 22.7 Å². The molecule has 0 radical (unpaired) electrons. The van der Waals surface area contributed by atoms with Crippen LogP contribution >= 0.6 is 0 Å². The maximum atomic E-state index is 10.7. The third-order valence-corrected chi connectivity index (χ3v) is 2.13. The Labute approximate surface area is 88.7 Å². The number of guanidine groups is 1. The van der Waals surface area contributed by atoms with Crippen LogP contribution in [-0.2, 0) is 4.79 Å². The highest BCUT2D eigenvalue weighted by Gasteiger charge is 2.22. The molecule has 0 saturated carbocycles. The predicted octanol–water partition coefficient (Wildman–Crippen LogP) is -1.41. The van der Waals surface area contributed by atoms with Gasteiger partial charge in [0.2, 0.25) is 0 Å². The summed E-state index contributed by atoms with van der Waals surface area (Å²) < 4.78 is 0. The van der Waals surface area contributed by atoms with E-state index in [1.54, 1.807) is 0 Å². The van der Waals surface area contributed by atoms with E-state index >= 15 is 0 Å². The summed E-state index contributed by atoms with van der Waals surface area (Å²) in [6.07, 6.45) is 1.42. The van der Waals surface area contributed by atoms with E-state index in [2.05, 4.69) is 10.4 Å². The van der Waals surface area contributed by atoms with Gasteiger partial charge >= 0.3 is 5.97 Å². The maximum absolute atomic E-state index is 10.7. The van der Waals surface area contributed by atoms with Crippen molar-refractivity contribution >= 4 is 11.9 Å². The minimum Gasteiger partial charge on any atom is -0.480 e. The van der Waals surface area contributed by atoms with Gasteiger partial charge in [-0.3, -0.25) is 15.6 Å². The van der Waals surface area contributed by atoms with Gasteiger partial charge in [-0.25, -0.2) is 5.43 Å². The number of hydrogen-bond donors (Lipinski definition) is 5. The fraction of sp³-hybridized carbons (Fsp3) is 0.750. The fourth-order valence-electron chi connectivity index (χ4n) is 1.27. The summed E-state index contributed by atoms with van der Waals surface area (Å²) in [5.74, 6) is 4.16. The quantitative estimate of drug-likeness (QED) is 0.117. The van der Waals surface area contributed by atoms with Gasteiger partial charge in [-0.1, -0.05) is 6.92 Å². The zero-order valence-corrected chi connectivity index (χ0v) is 8.81. The van der Waals surface area contributed by atoms with Gasteiger partial charge < -0.3 is 16.6 Å². The molecule has 8 N–H and O–H groups in total. The molecule has 0 bridgehead atoms. The lowest BCUT2D eigenvalue weighted by molar-refractivity contribution is -0.140. The Kier molecular flexibility index (Phi) is 6.39. The molecule has 0 rings (SSSR count). The number of carbonyl (C=O) groups is 1. The first-order valence-corrected chi connectivity index (χ1v) is 4.73. The van der Waals surface area contributed by atoms with Gasteiger partial charge in [-0.05, 0) is 18.8 Å². The molecule has 0 aliphatic rings. The highest BCUT2D eigenvalue weighted by Crippen LogP contribution is 2.10. The summed E-state index contributed by atoms with van der Waals surface area (Å²) in [6.45, 7) is 2.32. The third kappa shape index (κ3) is 5.87. The Morgan fingerprint density at radius 3 is 2.53 bits per heavy atom. The minimum atomic E-state index is -0.952. The average Bonchev–Trinajstić information content (AvgIpc) is 2.12. The molecule has 15 heavy (non-hydrogen) atoms. The minimum absolute atomic E-state index is 0.0504. The van der Waals surface area contributed by atoms with E-state index in [0.29, 0.717) is 13.0 Å². The van der Waals surface area contributed by atoms with Crippen LogP contribution in [0.1, 0.15) is 19.8 Å². The summed E-state index contributed by atoms with van der Waals surface area (Å²) in [7, 11) is 0. The number of nitrogens with one attached hydrogen (secondary N) is 1. The molecule has 7 nitrogen and oxygen atoms in total. The van der Waals surface area contributed by atoms with Crippen molar-refractivity contribution < 1.29 is 9.90 Å². The van der Waals surface area contributed by atoms with Crippen LogP contribution in [0.25, 0.3) is 0 Å². The van der Waals surface area contributed by atoms with Crippen LogP contribution in [0, 0.1) is 5.92 Å². The lowest BCUT2D eigenvalue weighted by Crippen LogP contribution is -2.45. The smallest absolute Gasteiger partial charge is 0.322 e. The van der Waals surface area contributed by atoms with E-state index in [9.17, 15) is 4.79 Å². The van der Waals surface area contributed by atoms with Crippen molar-refractivity contribution in [2.24, 2.45) is 28.2 Å². The molecular weight excluding hydrogens is 198 g/mol. The van der Waals surface area contributed by atoms with Gasteiger partial charge in [0.1, 0.15) is 6.04 Å². The van der Waals surface area contributed by atoms with Crippen molar-refractivity contribution in [3.63, 3.8) is 0 Å². The Morgan fingerprint density at radius 2 is 2.13 bits per heavy atom. The number of nitrogens with two attached hydrogens (primary N) is 3. The van der Waals surface area contributed by atoms with E-state index in [1.807, 2.05) is 6.92 Å². The highest BCUT2D eigenvalue weighted by atomic mass is 16.4. The number of hydrogen-bond acceptors (Lipinski definition) is 4. The number of nitrogens with zero attached hydrogens (tertiary/aromatic N) is 1. The number of rotatable bonds is 7. The molecule has 0 aromatic carbocycles. The average molecular weight is 217 g/mol. The van der Waals surface area contributed by atoms with Gasteiger partial charge in [0.15, 0.2) is 5.96 Å². The number of carboxylic acid groups (broad SMARTS) is 1. The second kappa shape index (κ2) is 7.02. The normalized spacial score (nSPS) is 14.3. The largest absolute Gasteiger partial charge is 0.480 e. The summed E-state index contributed by atoms with van der Waals surface area (Å²) >= 11 is 0. The molecule has 1 unspecified atom stereocenters. The van der Waals surface area contributed by atoms with Crippen molar-refractivity contribution in [1.82, 2.24) is 5.43 Å². The van der Waals surface area contributed by atoms with Crippen LogP contribution in [0.2, 0.25) is 0 Å². The molecule has 7 heteroatoms. The SMILES string of the molecule is CC(CCCN=C(N)N)[C@H](NN)C(=O)O. The standard InChI is InChI=1S/C8H19N5O2/c1-5(6(13-11)7(14)15)3-2-4-12-8(9)10/h5-6,13H,2-4,11H2,1H3,(H,14,15)(H4,9,10,12)/t5?,6-/m0/s1. The van der Waals surface area contributed by atoms with Crippen LogP contribution in [0.4, 0.5) is 0 Å². The van der Waals surface area contributed by atoms with Crippen LogP contribution in [0.5, 0.6) is 0 Å². The van der Waals surface area contributed by atoms with Crippen molar-refractivity contribution in [1.29, 1.82) is 0 Å². The number of hydrazine groups is 1. The van der Waals surface area contributed by atoms with E-state index in [0.717, 1.165) is 6.42 Å². The van der Waals surface area contributed by atoms with Gasteiger partial charge in [0, 0.05) is 6.54 Å². The number of aliphatic carboxylic acids is 1. The zero-order valence-electron chi connectivity index (χ0n) is 8.81. The molecule has 0 amide bonds. The molecule has 0 aromatic heterocycles. The highest BCUT2D eigenvalue weighted by molar-refractivity contribution is 5.75. The molecule has 0 fully saturated rings. The molecule has 0 spiro atoms. The van der Waals surface area contributed by atoms with Crippen molar-refractivity contribution in [2.75, 3.05) is 6.54 Å². The Balaban J connectivity index is 3.86. The Hall–Kier alpha value is -1.34. The first-order valence-electron chi connectivity index (χ1n) is 4.73. The lowest BCUT2D eigenvalue weighted by atomic mass is 9.97. The van der Waals surface area contributed by atoms with Crippen LogP contribution in [0.15, 0.2) is 4.99 Å². The maximum Gasteiger partial charge on any atom is 0.322 e. The second-order valence-electron chi connectivity index (χ2n) is 3.41. The first kappa shape index (κ1) is 13.7. The van der Waals surface area contributed by atoms with Crippen molar-refractivity contribution in [3.8, 4) is 0 Å². The summed E-state index contributed by atoms with van der Waals surface area (Å²) in [4.78, 5) is 14.5. The van der Waals surface area contributed by atoms with E-state index in [-0.39, 0.29) is 11.9 Å². The molecule has 88 valence electrons. The summed E-state index contributed by atoms with van der Waals surface area (Å²) in [5, 5.41) is 8.78. The molecular formula is C8H19N5O2. The molecule has 0 saturated heterocycles. The number of aliphatic imine (C=N–C) groups is 1. The van der Waals surface area contributed by atoms with Crippen molar-refractivity contribution in [3.05, 3.63) is 0 Å². The number of carboxylic acids is 1. The van der Waals surface area contributed by atoms with Gasteiger partial charge in [-0.2, -0.15) is 0 Å². The zero-order chi connectivity index (χ0) is 11.8. The van der Waals surface area contributed by atoms with Crippen molar-refractivity contribution in [2.45, 2.75) is 25.8 Å². The molecule has 2 atom stereocenters. The topological polar surface area (TPSA) is 140 Å². The lowest BCUT2D eigenvalue weighted by Gasteiger charge is -2.18. The second-order valence-corrected chi connectivity index (χ2v) is 3.41. The fourth-order valence-corrected chi connectivity index (χ4v) is 1.27. The molecule has 0 aliphatic heterocycles. The third-order valence-electron chi connectivity index (χ3n) is 2.13. The Bertz CT molecular complexity index is 227. The van der Waals surface area contributed by atoms with Gasteiger partial charge in [-0.15, -0.1) is 0 Å². The van der Waals surface area contributed by atoms with E-state index < -0.39 is 12.0 Å². The predicted molar refractivity (Wildman–Crippen MR) is 57.8 cm³/mol. The molecule has 0 aromatic rings. The first-order chi connectivity index (χ1) is 6.99. The van der Waals surface area contributed by atoms with Crippen LogP contribution in [-0.4, -0.2) is 29.6 Å². The van der Waals surface area contributed by atoms with E-state index in [4.69, 9.17) is 22.4 Å². The summed E-state index contributed by atoms with van der Waals surface area (Å²) in [5.41, 5.74) is 12.6. The Morgan fingerprint density at radius 1 is 1.53 bits per heavy atom. The van der Waals surface area contributed by atoms with E-state index in [1.165, 1.54) is 0 Å². The van der Waals surface area contributed by atoms with Gasteiger partial charge in [0.25, 0.3) is 0 Å². The molecule has 0 aliphatic carbocycles. The molecule has 0 heterocycles.